The number of hydrogen-bond donors (Lipinski definition) is 1. The monoisotopic (exact) mass is 286 g/mol. The highest BCUT2D eigenvalue weighted by atomic mass is 16.2. The van der Waals surface area contributed by atoms with Gasteiger partial charge in [-0.05, 0) is 25.0 Å². The van der Waals surface area contributed by atoms with E-state index in [1.54, 1.807) is 0 Å². The molecule has 0 aliphatic carbocycles. The van der Waals surface area contributed by atoms with Gasteiger partial charge in [-0.3, -0.25) is 9.69 Å². The summed E-state index contributed by atoms with van der Waals surface area (Å²) in [5.41, 5.74) is 7.49. The predicted molar refractivity (Wildman–Crippen MR) is 84.2 cm³/mol. The van der Waals surface area contributed by atoms with Crippen molar-refractivity contribution in [3.05, 3.63) is 24.3 Å². The molecule has 5 nitrogen and oxygen atoms in total. The lowest BCUT2D eigenvalue weighted by atomic mass is 9.81. The zero-order valence-electron chi connectivity index (χ0n) is 12.7. The molecule has 2 heterocycles. The Bertz CT molecular complexity index is 664. The molecular weight excluding hydrogens is 264 g/mol. The summed E-state index contributed by atoms with van der Waals surface area (Å²) in [4.78, 5) is 19.5. The van der Waals surface area contributed by atoms with Crippen molar-refractivity contribution in [1.29, 1.82) is 0 Å². The zero-order chi connectivity index (χ0) is 15.0. The number of carbonyl (C=O) groups is 1. The number of anilines is 1. The fourth-order valence-corrected chi connectivity index (χ4v) is 3.20. The first-order chi connectivity index (χ1) is 10.2. The molecule has 21 heavy (non-hydrogen) atoms. The normalized spacial score (nSPS) is 14.7. The van der Waals surface area contributed by atoms with Crippen molar-refractivity contribution in [1.82, 2.24) is 9.55 Å². The molecule has 1 amide bonds. The number of aromatic nitrogens is 2. The van der Waals surface area contributed by atoms with E-state index in [9.17, 15) is 4.79 Å². The summed E-state index contributed by atoms with van der Waals surface area (Å²) >= 11 is 0. The van der Waals surface area contributed by atoms with Crippen LogP contribution in [-0.4, -0.2) is 28.5 Å². The molecule has 0 atom stereocenters. The molecule has 0 saturated carbocycles. The molecule has 1 aromatic carbocycles. The van der Waals surface area contributed by atoms with Crippen molar-refractivity contribution >= 4 is 22.9 Å². The van der Waals surface area contributed by atoms with Crippen LogP contribution in [0.25, 0.3) is 11.0 Å². The van der Waals surface area contributed by atoms with Crippen molar-refractivity contribution in [2.45, 2.75) is 33.2 Å². The maximum Gasteiger partial charge on any atom is 0.236 e. The van der Waals surface area contributed by atoms with Gasteiger partial charge in [-0.15, -0.1) is 0 Å². The summed E-state index contributed by atoms with van der Waals surface area (Å²) in [5.74, 6) is 0.880. The first-order valence-corrected chi connectivity index (χ1v) is 7.64. The van der Waals surface area contributed by atoms with Crippen LogP contribution < -0.4 is 10.6 Å². The van der Waals surface area contributed by atoms with Crippen molar-refractivity contribution in [3.63, 3.8) is 0 Å². The maximum atomic E-state index is 13.0. The van der Waals surface area contributed by atoms with Crippen LogP contribution in [0, 0.1) is 5.41 Å². The number of benzene rings is 1. The fraction of sp³-hybridized carbons (Fsp3) is 0.500. The molecule has 0 spiro atoms. The van der Waals surface area contributed by atoms with Crippen molar-refractivity contribution in [2.75, 3.05) is 18.0 Å². The lowest BCUT2D eigenvalue weighted by Gasteiger charge is -2.32. The summed E-state index contributed by atoms with van der Waals surface area (Å²) in [7, 11) is 0. The number of hydrogen-bond acceptors (Lipinski definition) is 3. The van der Waals surface area contributed by atoms with Gasteiger partial charge >= 0.3 is 0 Å². The number of nitrogens with two attached hydrogens (primary N) is 1. The molecule has 2 aromatic rings. The Morgan fingerprint density at radius 2 is 2.00 bits per heavy atom. The molecule has 3 rings (SSSR count). The van der Waals surface area contributed by atoms with E-state index in [1.165, 1.54) is 0 Å². The summed E-state index contributed by atoms with van der Waals surface area (Å²) in [6.07, 6.45) is 1.52. The number of para-hydroxylation sites is 2. The lowest BCUT2D eigenvalue weighted by Crippen LogP contribution is -2.47. The van der Waals surface area contributed by atoms with E-state index in [2.05, 4.69) is 15.6 Å². The molecule has 112 valence electrons. The second-order valence-corrected chi connectivity index (χ2v) is 5.70. The third-order valence-corrected chi connectivity index (χ3v) is 4.87. The van der Waals surface area contributed by atoms with Crippen LogP contribution in [-0.2, 0) is 11.3 Å². The molecular formula is C16H22N4O. The Kier molecular flexibility index (Phi) is 3.45. The quantitative estimate of drug-likeness (QED) is 0.936. The minimum absolute atomic E-state index is 0.115. The standard InChI is InChI=1S/C16H22N4O/c1-3-16(4-2,11-17)14(21)20-10-9-19-13-8-6-5-7-12(13)18-15(19)20/h5-8H,3-4,9-11,17H2,1-2H3. The van der Waals surface area contributed by atoms with Gasteiger partial charge in [-0.1, -0.05) is 26.0 Å². The molecule has 0 saturated heterocycles. The van der Waals surface area contributed by atoms with Crippen LogP contribution >= 0.6 is 0 Å². The molecule has 0 radical (unpaired) electrons. The van der Waals surface area contributed by atoms with Gasteiger partial charge in [0.15, 0.2) is 0 Å². The summed E-state index contributed by atoms with van der Waals surface area (Å²) in [6.45, 7) is 5.94. The summed E-state index contributed by atoms with van der Waals surface area (Å²) < 4.78 is 2.12. The van der Waals surface area contributed by atoms with E-state index in [1.807, 2.05) is 36.9 Å². The Morgan fingerprint density at radius 3 is 2.67 bits per heavy atom. The third kappa shape index (κ3) is 1.95. The van der Waals surface area contributed by atoms with Gasteiger partial charge in [-0.2, -0.15) is 0 Å². The molecule has 5 heteroatoms. The van der Waals surface area contributed by atoms with E-state index in [-0.39, 0.29) is 5.91 Å². The topological polar surface area (TPSA) is 64.2 Å². The van der Waals surface area contributed by atoms with Crippen molar-refractivity contribution in [3.8, 4) is 0 Å². The van der Waals surface area contributed by atoms with Crippen LogP contribution in [0.15, 0.2) is 24.3 Å². The first kappa shape index (κ1) is 14.1. The molecule has 0 fully saturated rings. The van der Waals surface area contributed by atoms with Gasteiger partial charge in [0.1, 0.15) is 0 Å². The van der Waals surface area contributed by atoms with E-state index < -0.39 is 5.41 Å². The second-order valence-electron chi connectivity index (χ2n) is 5.70. The number of fused-ring (bicyclic) bond motifs is 3. The highest BCUT2D eigenvalue weighted by Gasteiger charge is 2.40. The molecule has 0 unspecified atom stereocenters. The molecule has 0 bridgehead atoms. The first-order valence-electron chi connectivity index (χ1n) is 7.64. The van der Waals surface area contributed by atoms with Gasteiger partial charge in [0.25, 0.3) is 0 Å². The largest absolute Gasteiger partial charge is 0.329 e. The van der Waals surface area contributed by atoms with E-state index in [4.69, 9.17) is 5.73 Å². The van der Waals surface area contributed by atoms with Crippen molar-refractivity contribution < 1.29 is 4.79 Å². The van der Waals surface area contributed by atoms with Gasteiger partial charge in [0.05, 0.1) is 16.4 Å². The molecule has 1 aliphatic heterocycles. The summed E-state index contributed by atoms with van der Waals surface area (Å²) in [5, 5.41) is 0. The highest BCUT2D eigenvalue weighted by Crippen LogP contribution is 2.34. The Balaban J connectivity index is 2.02. The van der Waals surface area contributed by atoms with Crippen LogP contribution in [0.1, 0.15) is 26.7 Å². The highest BCUT2D eigenvalue weighted by molar-refractivity contribution is 5.98. The van der Waals surface area contributed by atoms with Gasteiger partial charge in [0.2, 0.25) is 11.9 Å². The van der Waals surface area contributed by atoms with Crippen LogP contribution in [0.2, 0.25) is 0 Å². The van der Waals surface area contributed by atoms with Gasteiger partial charge in [0, 0.05) is 19.6 Å². The zero-order valence-corrected chi connectivity index (χ0v) is 12.7. The van der Waals surface area contributed by atoms with Crippen LogP contribution in [0.4, 0.5) is 5.95 Å². The predicted octanol–water partition coefficient (Wildman–Crippen LogP) is 2.15. The smallest absolute Gasteiger partial charge is 0.236 e. The molecule has 1 aliphatic rings. The Morgan fingerprint density at radius 1 is 1.29 bits per heavy atom. The average molecular weight is 286 g/mol. The number of amides is 1. The van der Waals surface area contributed by atoms with E-state index in [0.717, 1.165) is 36.4 Å². The van der Waals surface area contributed by atoms with Crippen LogP contribution in [0.5, 0.6) is 0 Å². The number of imidazole rings is 1. The average Bonchev–Trinajstić information content (AvgIpc) is 3.08. The lowest BCUT2D eigenvalue weighted by molar-refractivity contribution is -0.128. The van der Waals surface area contributed by atoms with Gasteiger partial charge < -0.3 is 10.3 Å². The SMILES string of the molecule is CCC(CC)(CN)C(=O)N1CCn2c1nc1ccccc12. The Hall–Kier alpha value is -1.88. The molecule has 1 aromatic heterocycles. The minimum Gasteiger partial charge on any atom is -0.329 e. The Labute approximate surface area is 124 Å². The van der Waals surface area contributed by atoms with E-state index >= 15 is 0 Å². The third-order valence-electron chi connectivity index (χ3n) is 4.87. The molecule has 2 N–H and O–H groups in total. The minimum atomic E-state index is -0.465. The maximum absolute atomic E-state index is 13.0. The van der Waals surface area contributed by atoms with E-state index in [0.29, 0.717) is 13.1 Å². The fourth-order valence-electron chi connectivity index (χ4n) is 3.20. The number of carbonyl (C=O) groups excluding carboxylic acids is 1. The van der Waals surface area contributed by atoms with Crippen LogP contribution in [0.3, 0.4) is 0 Å². The number of rotatable bonds is 4. The van der Waals surface area contributed by atoms with Gasteiger partial charge in [-0.25, -0.2) is 4.98 Å². The second kappa shape index (κ2) is 5.15. The summed E-state index contributed by atoms with van der Waals surface area (Å²) in [6, 6.07) is 8.01. The number of nitrogens with zero attached hydrogens (tertiary/aromatic N) is 3. The van der Waals surface area contributed by atoms with Crippen molar-refractivity contribution in [2.24, 2.45) is 11.1 Å².